The predicted octanol–water partition coefficient (Wildman–Crippen LogP) is 5.50. The maximum absolute atomic E-state index is 12.9. The number of hydrogen-bond donors (Lipinski definition) is 1. The van der Waals surface area contributed by atoms with Crippen LogP contribution in [0, 0.1) is 0 Å². The van der Waals surface area contributed by atoms with Crippen molar-refractivity contribution in [2.45, 2.75) is 25.8 Å². The summed E-state index contributed by atoms with van der Waals surface area (Å²) in [6, 6.07) is 12.2. The number of carbonyl (C=O) groups is 2. The molecule has 0 aliphatic carbocycles. The van der Waals surface area contributed by atoms with Gasteiger partial charge in [0.2, 0.25) is 5.91 Å². The number of allylic oxidation sites excluding steroid dienone is 1. The van der Waals surface area contributed by atoms with Gasteiger partial charge in [-0.25, -0.2) is 9.79 Å². The third kappa shape index (κ3) is 5.40. The summed E-state index contributed by atoms with van der Waals surface area (Å²) in [6.45, 7) is 2.20. The molecular weight excluding hydrogens is 521 g/mol. The Kier molecular flexibility index (Phi) is 8.28. The van der Waals surface area contributed by atoms with Gasteiger partial charge in [-0.2, -0.15) is 0 Å². The van der Waals surface area contributed by atoms with Gasteiger partial charge in [0, 0.05) is 27.9 Å². The molecule has 1 unspecified atom stereocenters. The molecule has 0 radical (unpaired) electrons. The molecule has 2 heterocycles. The number of aliphatic imine (C=N–C) groups is 1. The Morgan fingerprint density at radius 2 is 1.94 bits per heavy atom. The average molecular weight is 546 g/mol. The van der Waals surface area contributed by atoms with E-state index in [1.165, 1.54) is 18.9 Å². The van der Waals surface area contributed by atoms with E-state index >= 15 is 0 Å². The van der Waals surface area contributed by atoms with Gasteiger partial charge in [-0.05, 0) is 42.5 Å². The zero-order valence-corrected chi connectivity index (χ0v) is 22.3. The number of ether oxygens (including phenoxy) is 2. The van der Waals surface area contributed by atoms with Crippen LogP contribution in [0.2, 0.25) is 10.0 Å². The number of amidine groups is 1. The molecule has 1 amide bonds. The van der Waals surface area contributed by atoms with Gasteiger partial charge < -0.3 is 19.7 Å². The van der Waals surface area contributed by atoms with Crippen molar-refractivity contribution in [2.24, 2.45) is 4.99 Å². The highest BCUT2D eigenvalue weighted by atomic mass is 35.5. The van der Waals surface area contributed by atoms with Crippen LogP contribution in [0.25, 0.3) is 0 Å². The highest BCUT2D eigenvalue weighted by Crippen LogP contribution is 2.46. The molecule has 0 saturated heterocycles. The predicted molar refractivity (Wildman–Crippen MR) is 143 cm³/mol. The van der Waals surface area contributed by atoms with E-state index in [0.717, 1.165) is 16.8 Å². The SMILES string of the molecule is COC(=O)C1=C(C)N=C2SC=C(CC(=O)NCCc3ccc(Cl)cc3Cl)N2C1c1ccccc1OC. The summed E-state index contributed by atoms with van der Waals surface area (Å²) < 4.78 is 10.7. The molecule has 2 aliphatic rings. The van der Waals surface area contributed by atoms with Crippen LogP contribution in [0.5, 0.6) is 5.75 Å². The number of nitrogens with one attached hydrogen (secondary N) is 1. The third-order valence-corrected chi connectivity index (χ3v) is 7.39. The lowest BCUT2D eigenvalue weighted by Gasteiger charge is -2.36. The van der Waals surface area contributed by atoms with Crippen molar-refractivity contribution in [3.05, 3.63) is 86.0 Å². The minimum absolute atomic E-state index is 0.111. The molecule has 2 aliphatic heterocycles. The monoisotopic (exact) mass is 545 g/mol. The van der Waals surface area contributed by atoms with Crippen LogP contribution in [-0.2, 0) is 20.7 Å². The number of carbonyl (C=O) groups excluding carboxylic acids is 2. The van der Waals surface area contributed by atoms with Gasteiger partial charge in [0.15, 0.2) is 5.17 Å². The summed E-state index contributed by atoms with van der Waals surface area (Å²) in [4.78, 5) is 32.3. The van der Waals surface area contributed by atoms with Crippen LogP contribution < -0.4 is 10.1 Å². The topological polar surface area (TPSA) is 80.2 Å². The number of rotatable bonds is 8. The van der Waals surface area contributed by atoms with E-state index in [9.17, 15) is 9.59 Å². The van der Waals surface area contributed by atoms with Crippen LogP contribution in [0.15, 0.2) is 69.8 Å². The fourth-order valence-electron chi connectivity index (χ4n) is 4.22. The standard InChI is InChI=1S/C26H25Cl2N3O4S/c1-15-23(25(33)35-3)24(19-6-4-5-7-21(19)34-2)31-18(14-36-26(31)30-15)13-22(32)29-11-10-16-8-9-17(27)12-20(16)28/h4-9,12,14,24H,10-11,13H2,1-3H3,(H,29,32). The Balaban J connectivity index is 1.55. The van der Waals surface area contributed by atoms with Gasteiger partial charge in [-0.3, -0.25) is 4.79 Å². The van der Waals surface area contributed by atoms with Crippen LogP contribution in [-0.4, -0.2) is 42.7 Å². The molecule has 1 N–H and O–H groups in total. The summed E-state index contributed by atoms with van der Waals surface area (Å²) in [5.74, 6) is -0.0110. The first-order valence-electron chi connectivity index (χ1n) is 11.2. The van der Waals surface area contributed by atoms with Crippen molar-refractivity contribution in [3.63, 3.8) is 0 Å². The first-order chi connectivity index (χ1) is 17.3. The second kappa shape index (κ2) is 11.4. The highest BCUT2D eigenvalue weighted by molar-refractivity contribution is 8.16. The average Bonchev–Trinajstić information content (AvgIpc) is 3.25. The van der Waals surface area contributed by atoms with Crippen molar-refractivity contribution < 1.29 is 19.1 Å². The summed E-state index contributed by atoms with van der Waals surface area (Å²) >= 11 is 13.6. The fourth-order valence-corrected chi connectivity index (χ4v) is 5.68. The zero-order chi connectivity index (χ0) is 25.8. The lowest BCUT2D eigenvalue weighted by Crippen LogP contribution is -2.38. The Morgan fingerprint density at radius 3 is 2.67 bits per heavy atom. The van der Waals surface area contributed by atoms with Crippen molar-refractivity contribution in [1.29, 1.82) is 0 Å². The molecule has 2 aromatic rings. The first-order valence-corrected chi connectivity index (χ1v) is 12.8. The molecule has 2 aromatic carbocycles. The molecule has 1 atom stereocenters. The van der Waals surface area contributed by atoms with E-state index < -0.39 is 12.0 Å². The number of nitrogens with zero attached hydrogens (tertiary/aromatic N) is 2. The van der Waals surface area contributed by atoms with Crippen LogP contribution in [0.3, 0.4) is 0 Å². The summed E-state index contributed by atoms with van der Waals surface area (Å²) in [5, 5.41) is 6.67. The van der Waals surface area contributed by atoms with E-state index in [-0.39, 0.29) is 12.3 Å². The number of amides is 1. The molecule has 4 rings (SSSR count). The van der Waals surface area contributed by atoms with Gasteiger partial charge in [0.1, 0.15) is 5.75 Å². The number of fused-ring (bicyclic) bond motifs is 1. The number of methoxy groups -OCH3 is 2. The Labute approximate surface area is 224 Å². The molecule has 10 heteroatoms. The second-order valence-electron chi connectivity index (χ2n) is 8.14. The van der Waals surface area contributed by atoms with Gasteiger partial charge in [0.05, 0.1) is 38.0 Å². The second-order valence-corrected chi connectivity index (χ2v) is 9.82. The smallest absolute Gasteiger partial charge is 0.338 e. The molecule has 0 fully saturated rings. The molecular formula is C26H25Cl2N3O4S. The minimum Gasteiger partial charge on any atom is -0.496 e. The number of benzene rings is 2. The summed E-state index contributed by atoms with van der Waals surface area (Å²) in [6.07, 6.45) is 0.684. The fraction of sp³-hybridized carbons (Fsp3) is 0.269. The Bertz CT molecular complexity index is 1290. The number of esters is 1. The van der Waals surface area contributed by atoms with Gasteiger partial charge in [-0.15, -0.1) is 0 Å². The van der Waals surface area contributed by atoms with Crippen LogP contribution >= 0.6 is 35.0 Å². The number of halogens is 2. The molecule has 0 spiro atoms. The quantitative estimate of drug-likeness (QED) is 0.441. The number of para-hydroxylation sites is 1. The maximum atomic E-state index is 12.9. The molecule has 36 heavy (non-hydrogen) atoms. The summed E-state index contributed by atoms with van der Waals surface area (Å²) in [7, 11) is 2.93. The number of hydrogen-bond acceptors (Lipinski definition) is 7. The van der Waals surface area contributed by atoms with Crippen molar-refractivity contribution >= 4 is 52.0 Å². The number of thioether (sulfide) groups is 1. The molecule has 0 aromatic heterocycles. The van der Waals surface area contributed by atoms with Crippen LogP contribution in [0.1, 0.15) is 30.5 Å². The van der Waals surface area contributed by atoms with E-state index in [1.807, 2.05) is 40.6 Å². The van der Waals surface area contributed by atoms with Gasteiger partial charge in [-0.1, -0.05) is 59.2 Å². The summed E-state index contributed by atoms with van der Waals surface area (Å²) in [5.41, 5.74) is 3.37. The van der Waals surface area contributed by atoms with Crippen LogP contribution in [0.4, 0.5) is 0 Å². The largest absolute Gasteiger partial charge is 0.496 e. The molecule has 188 valence electrons. The Morgan fingerprint density at radius 1 is 1.17 bits per heavy atom. The Hall–Kier alpha value is -2.94. The maximum Gasteiger partial charge on any atom is 0.338 e. The highest BCUT2D eigenvalue weighted by Gasteiger charge is 2.42. The lowest BCUT2D eigenvalue weighted by atomic mass is 9.93. The van der Waals surface area contributed by atoms with E-state index in [2.05, 4.69) is 10.3 Å². The van der Waals surface area contributed by atoms with Crippen molar-refractivity contribution in [2.75, 3.05) is 20.8 Å². The van der Waals surface area contributed by atoms with E-state index in [4.69, 9.17) is 32.7 Å². The van der Waals surface area contributed by atoms with Crippen molar-refractivity contribution in [1.82, 2.24) is 10.2 Å². The van der Waals surface area contributed by atoms with Gasteiger partial charge >= 0.3 is 5.97 Å². The van der Waals surface area contributed by atoms with E-state index in [0.29, 0.717) is 45.2 Å². The van der Waals surface area contributed by atoms with Crippen molar-refractivity contribution in [3.8, 4) is 5.75 Å². The molecule has 0 saturated carbocycles. The third-order valence-electron chi connectivity index (χ3n) is 5.91. The molecule has 7 nitrogen and oxygen atoms in total. The lowest BCUT2D eigenvalue weighted by molar-refractivity contribution is -0.136. The minimum atomic E-state index is -0.553. The molecule has 0 bridgehead atoms. The van der Waals surface area contributed by atoms with Gasteiger partial charge in [0.25, 0.3) is 0 Å². The zero-order valence-electron chi connectivity index (χ0n) is 20.0. The normalized spacial score (nSPS) is 16.8. The van der Waals surface area contributed by atoms with E-state index in [1.54, 1.807) is 26.2 Å². The first kappa shape index (κ1) is 26.1.